The molecule has 138 valence electrons. The average Bonchev–Trinajstić information content (AvgIpc) is 3.26. The molecule has 1 N–H and O–H groups in total. The van der Waals surface area contributed by atoms with Gasteiger partial charge in [0.1, 0.15) is 27.6 Å². The molecule has 0 spiro atoms. The molecule has 4 rings (SSSR count). The zero-order chi connectivity index (χ0) is 19.8. The Morgan fingerprint density at radius 1 is 1.18 bits per heavy atom. The second-order valence-corrected chi connectivity index (χ2v) is 7.55. The summed E-state index contributed by atoms with van der Waals surface area (Å²) in [6.45, 7) is 0. The first-order valence-electron chi connectivity index (χ1n) is 8.17. The van der Waals surface area contributed by atoms with Crippen LogP contribution in [0.1, 0.15) is 10.6 Å². The molecule has 2 aromatic heterocycles. The summed E-state index contributed by atoms with van der Waals surface area (Å²) in [4.78, 5) is 4.58. The molecule has 0 saturated heterocycles. The molecule has 0 saturated carbocycles. The number of aliphatic hydroxyl groups excluding tert-OH is 1. The first kappa shape index (κ1) is 18.5. The van der Waals surface area contributed by atoms with Gasteiger partial charge in [-0.2, -0.15) is 10.4 Å². The minimum Gasteiger partial charge on any atom is -0.506 e. The van der Waals surface area contributed by atoms with Crippen LogP contribution in [0.25, 0.3) is 33.4 Å². The minimum absolute atomic E-state index is 0.00622. The summed E-state index contributed by atoms with van der Waals surface area (Å²) >= 11 is 13.5. The highest BCUT2D eigenvalue weighted by atomic mass is 35.5. The first-order chi connectivity index (χ1) is 13.5. The van der Waals surface area contributed by atoms with Gasteiger partial charge in [-0.05, 0) is 10.8 Å². The number of fused-ring (bicyclic) bond motifs is 1. The van der Waals surface area contributed by atoms with Gasteiger partial charge in [0.25, 0.3) is 0 Å². The zero-order valence-electron chi connectivity index (χ0n) is 14.5. The lowest BCUT2D eigenvalue weighted by molar-refractivity contribution is 0.514. The molecule has 2 aromatic carbocycles. The summed E-state index contributed by atoms with van der Waals surface area (Å²) < 4.78 is 1.33. The molecule has 0 aliphatic carbocycles. The van der Waals surface area contributed by atoms with Crippen molar-refractivity contribution in [2.75, 3.05) is 0 Å². The maximum atomic E-state index is 10.7. The van der Waals surface area contributed by atoms with E-state index in [9.17, 15) is 10.4 Å². The summed E-state index contributed by atoms with van der Waals surface area (Å²) in [5.41, 5.74) is 1.79. The van der Waals surface area contributed by atoms with Crippen molar-refractivity contribution < 1.29 is 5.11 Å². The molecule has 0 unspecified atom stereocenters. The van der Waals surface area contributed by atoms with Crippen LogP contribution in [0.5, 0.6) is 0 Å². The number of hydrogen-bond donors (Lipinski definition) is 1. The molecule has 4 aromatic rings. The predicted molar refractivity (Wildman–Crippen MR) is 113 cm³/mol. The van der Waals surface area contributed by atoms with Gasteiger partial charge in [-0.25, -0.2) is 4.98 Å². The van der Waals surface area contributed by atoms with E-state index in [2.05, 4.69) is 10.1 Å². The third-order valence-electron chi connectivity index (χ3n) is 4.30. The number of aryl methyl sites for hydroxylation is 1. The normalized spacial score (nSPS) is 12.1. The molecule has 0 fully saturated rings. The fourth-order valence-corrected chi connectivity index (χ4v) is 4.33. The monoisotopic (exact) mass is 426 g/mol. The Labute approximate surface area is 174 Å². The van der Waals surface area contributed by atoms with Crippen molar-refractivity contribution in [2.45, 2.75) is 0 Å². The lowest BCUT2D eigenvalue weighted by atomic mass is 10.0. The number of aromatic nitrogens is 3. The molecule has 0 atom stereocenters. The standard InChI is InChI=1S/C20H12Cl2N4OS/c1-26-19(22)16(18(21)25-26)17(27)14(9-23)20-24-15(10-28-20)13-8-4-6-11-5-2-3-7-12(11)13/h2-8,10,27H,1H3. The van der Waals surface area contributed by atoms with E-state index in [1.54, 1.807) is 7.05 Å². The van der Waals surface area contributed by atoms with E-state index in [-0.39, 0.29) is 27.2 Å². The summed E-state index contributed by atoms with van der Waals surface area (Å²) in [5.74, 6) is -0.343. The van der Waals surface area contributed by atoms with Crippen LogP contribution in [0.3, 0.4) is 0 Å². The third kappa shape index (κ3) is 3.04. The molecular weight excluding hydrogens is 415 g/mol. The Hall–Kier alpha value is -2.85. The Morgan fingerprint density at radius 3 is 2.64 bits per heavy atom. The Bertz CT molecular complexity index is 1280. The molecule has 0 amide bonds. The highest BCUT2D eigenvalue weighted by Gasteiger charge is 2.23. The van der Waals surface area contributed by atoms with Gasteiger partial charge in [-0.15, -0.1) is 11.3 Å². The molecule has 0 radical (unpaired) electrons. The molecule has 0 bridgehead atoms. The van der Waals surface area contributed by atoms with E-state index >= 15 is 0 Å². The highest BCUT2D eigenvalue weighted by Crippen LogP contribution is 2.36. The van der Waals surface area contributed by atoms with Crippen molar-refractivity contribution in [1.29, 1.82) is 5.26 Å². The molecule has 2 heterocycles. The Balaban J connectivity index is 1.85. The number of rotatable bonds is 3. The van der Waals surface area contributed by atoms with Gasteiger partial charge in [0.2, 0.25) is 0 Å². The van der Waals surface area contributed by atoms with Crippen LogP contribution in [0, 0.1) is 11.3 Å². The Kier molecular flexibility index (Phi) is 4.82. The van der Waals surface area contributed by atoms with Crippen molar-refractivity contribution in [3.8, 4) is 17.3 Å². The molecule has 28 heavy (non-hydrogen) atoms. The van der Waals surface area contributed by atoms with Crippen LogP contribution >= 0.6 is 34.5 Å². The summed E-state index contributed by atoms with van der Waals surface area (Å²) in [6, 6.07) is 16.0. The highest BCUT2D eigenvalue weighted by molar-refractivity contribution is 7.11. The lowest BCUT2D eigenvalue weighted by Gasteiger charge is -2.04. The van der Waals surface area contributed by atoms with Crippen LogP contribution in [-0.4, -0.2) is 19.9 Å². The second-order valence-electron chi connectivity index (χ2n) is 5.98. The van der Waals surface area contributed by atoms with Crippen LogP contribution < -0.4 is 0 Å². The van der Waals surface area contributed by atoms with Gasteiger partial charge in [-0.3, -0.25) is 4.68 Å². The number of hydrogen-bond acceptors (Lipinski definition) is 5. The fourth-order valence-electron chi connectivity index (χ4n) is 2.96. The van der Waals surface area contributed by atoms with Gasteiger partial charge in [0.05, 0.1) is 11.3 Å². The molecule has 0 aliphatic heterocycles. The Morgan fingerprint density at radius 2 is 1.93 bits per heavy atom. The van der Waals surface area contributed by atoms with Crippen molar-refractivity contribution in [2.24, 2.45) is 7.05 Å². The predicted octanol–water partition coefficient (Wildman–Crippen LogP) is 5.95. The van der Waals surface area contributed by atoms with Crippen LogP contribution in [0.4, 0.5) is 0 Å². The fraction of sp³-hybridized carbons (Fsp3) is 0.0500. The van der Waals surface area contributed by atoms with E-state index in [1.807, 2.05) is 53.9 Å². The van der Waals surface area contributed by atoms with E-state index in [1.165, 1.54) is 16.0 Å². The maximum absolute atomic E-state index is 10.7. The third-order valence-corrected chi connectivity index (χ3v) is 5.86. The van der Waals surface area contributed by atoms with Crippen molar-refractivity contribution >= 4 is 56.6 Å². The topological polar surface area (TPSA) is 74.7 Å². The minimum atomic E-state index is -0.343. The molecule has 0 aliphatic rings. The number of halogens is 2. The van der Waals surface area contributed by atoms with Gasteiger partial charge in [0, 0.05) is 18.0 Å². The number of benzene rings is 2. The van der Waals surface area contributed by atoms with E-state index in [0.717, 1.165) is 22.0 Å². The van der Waals surface area contributed by atoms with Gasteiger partial charge < -0.3 is 5.11 Å². The smallest absolute Gasteiger partial charge is 0.163 e. The molecule has 8 heteroatoms. The van der Waals surface area contributed by atoms with Crippen LogP contribution in [0.2, 0.25) is 10.3 Å². The van der Waals surface area contributed by atoms with E-state index in [4.69, 9.17) is 23.2 Å². The molecular formula is C20H12Cl2N4OS. The zero-order valence-corrected chi connectivity index (χ0v) is 16.8. The largest absolute Gasteiger partial charge is 0.506 e. The van der Waals surface area contributed by atoms with Gasteiger partial charge in [0.15, 0.2) is 5.15 Å². The summed E-state index contributed by atoms with van der Waals surface area (Å²) in [6.07, 6.45) is 0. The maximum Gasteiger partial charge on any atom is 0.163 e. The first-order valence-corrected chi connectivity index (χ1v) is 9.80. The SMILES string of the molecule is Cn1nc(Cl)c(C(O)=C(C#N)c2nc(-c3cccc4ccccc34)cs2)c1Cl. The number of allylic oxidation sites excluding steroid dienone is 1. The number of thiazole rings is 1. The van der Waals surface area contributed by atoms with Crippen molar-refractivity contribution in [3.05, 3.63) is 68.7 Å². The number of nitriles is 1. The van der Waals surface area contributed by atoms with E-state index < -0.39 is 0 Å². The van der Waals surface area contributed by atoms with Gasteiger partial charge in [-0.1, -0.05) is 65.7 Å². The number of aliphatic hydroxyl groups is 1. The van der Waals surface area contributed by atoms with Crippen LogP contribution in [0.15, 0.2) is 47.8 Å². The molecule has 5 nitrogen and oxygen atoms in total. The van der Waals surface area contributed by atoms with E-state index in [0.29, 0.717) is 5.01 Å². The number of nitrogens with zero attached hydrogens (tertiary/aromatic N) is 4. The van der Waals surface area contributed by atoms with Crippen molar-refractivity contribution in [3.63, 3.8) is 0 Å². The lowest BCUT2D eigenvalue weighted by Crippen LogP contribution is -1.92. The van der Waals surface area contributed by atoms with Crippen LogP contribution in [-0.2, 0) is 7.05 Å². The summed E-state index contributed by atoms with van der Waals surface area (Å²) in [7, 11) is 1.60. The summed E-state index contributed by atoms with van der Waals surface area (Å²) in [5, 5.41) is 28.8. The quantitative estimate of drug-likeness (QED) is 0.324. The van der Waals surface area contributed by atoms with Gasteiger partial charge >= 0.3 is 0 Å². The van der Waals surface area contributed by atoms with Crippen molar-refractivity contribution in [1.82, 2.24) is 14.8 Å². The second kappa shape index (κ2) is 7.28. The average molecular weight is 427 g/mol.